The van der Waals surface area contributed by atoms with Gasteiger partial charge >= 0.3 is 0 Å². The molecular weight excluding hydrogens is 453 g/mol. The maximum Gasteiger partial charge on any atom is 0.278 e. The average molecular weight is 466 g/mol. The average Bonchev–Trinajstić information content (AvgIpc) is 2.68. The van der Waals surface area contributed by atoms with Gasteiger partial charge < -0.3 is 19.5 Å². The summed E-state index contributed by atoms with van der Waals surface area (Å²) in [6.45, 7) is -0.969. The molecule has 0 saturated heterocycles. The zero-order valence-corrected chi connectivity index (χ0v) is 16.7. The molecular formula is C18H13Cl3F2N2O4. The molecule has 0 aliphatic heterocycles. The maximum atomic E-state index is 13.8. The van der Waals surface area contributed by atoms with E-state index in [1.54, 1.807) is 0 Å². The molecule has 0 amide bonds. The van der Waals surface area contributed by atoms with Gasteiger partial charge in [0.25, 0.3) is 6.43 Å². The van der Waals surface area contributed by atoms with Gasteiger partial charge in [-0.05, 0) is 12.1 Å². The first-order valence-corrected chi connectivity index (χ1v) is 9.28. The Morgan fingerprint density at radius 3 is 2.41 bits per heavy atom. The van der Waals surface area contributed by atoms with Crippen LogP contribution in [0.2, 0.25) is 15.1 Å². The Hall–Kier alpha value is -1.97. The van der Waals surface area contributed by atoms with E-state index < -0.39 is 30.3 Å². The number of para-hydroxylation sites is 1. The van der Waals surface area contributed by atoms with Crippen molar-refractivity contribution in [2.24, 2.45) is 0 Å². The smallest absolute Gasteiger partial charge is 0.278 e. The monoisotopic (exact) mass is 464 g/mol. The van der Waals surface area contributed by atoms with Crippen molar-refractivity contribution < 1.29 is 23.7 Å². The standard InChI is InChI=1S/C18H13Cl3F2N2O4/c19-9-2-1-3-10(20)15(9)25-12(17(22)23)4-13(28)14-16(25)11(21)5-24-18(14)29-7-8(27)6-26/h1-5,8,17,26-27H,6-7H2. The Kier molecular flexibility index (Phi) is 6.60. The number of halogens is 5. The molecule has 0 aliphatic carbocycles. The molecule has 1 atom stereocenters. The van der Waals surface area contributed by atoms with Gasteiger partial charge in [-0.25, -0.2) is 13.8 Å². The fraction of sp³-hybridized carbons (Fsp3) is 0.222. The number of pyridine rings is 2. The molecule has 1 aromatic carbocycles. The highest BCUT2D eigenvalue weighted by atomic mass is 35.5. The van der Waals surface area contributed by atoms with Gasteiger partial charge in [0.15, 0.2) is 5.43 Å². The number of hydrogen-bond acceptors (Lipinski definition) is 5. The fourth-order valence-electron chi connectivity index (χ4n) is 2.74. The summed E-state index contributed by atoms with van der Waals surface area (Å²) in [5.74, 6) is -0.250. The van der Waals surface area contributed by atoms with Crippen LogP contribution in [0, 0.1) is 0 Å². The van der Waals surface area contributed by atoms with Crippen molar-refractivity contribution in [1.82, 2.24) is 9.55 Å². The Morgan fingerprint density at radius 1 is 1.17 bits per heavy atom. The van der Waals surface area contributed by atoms with E-state index in [0.717, 1.165) is 16.8 Å². The van der Waals surface area contributed by atoms with Gasteiger partial charge in [0, 0.05) is 6.07 Å². The summed E-state index contributed by atoms with van der Waals surface area (Å²) in [7, 11) is 0. The number of hydrogen-bond donors (Lipinski definition) is 2. The number of aliphatic hydroxyl groups excluding tert-OH is 2. The summed E-state index contributed by atoms with van der Waals surface area (Å²) in [5.41, 5.74) is -1.62. The number of alkyl halides is 2. The van der Waals surface area contributed by atoms with Crippen molar-refractivity contribution in [2.75, 3.05) is 13.2 Å². The van der Waals surface area contributed by atoms with E-state index in [2.05, 4.69) is 4.98 Å². The number of nitrogens with zero attached hydrogens (tertiary/aromatic N) is 2. The minimum absolute atomic E-state index is 0.00516. The molecule has 29 heavy (non-hydrogen) atoms. The molecule has 154 valence electrons. The SMILES string of the molecule is O=c1cc(C(F)F)n(-c2c(Cl)cccc2Cl)c2c(Cl)cnc(OCC(O)CO)c12. The second-order valence-corrected chi connectivity index (χ2v) is 7.14. The summed E-state index contributed by atoms with van der Waals surface area (Å²) in [6, 6.07) is 5.16. The number of aromatic nitrogens is 2. The highest BCUT2D eigenvalue weighted by Gasteiger charge is 2.25. The van der Waals surface area contributed by atoms with Crippen LogP contribution in [-0.4, -0.2) is 39.1 Å². The molecule has 2 aromatic heterocycles. The van der Waals surface area contributed by atoms with Crippen LogP contribution in [0.4, 0.5) is 8.78 Å². The molecule has 0 saturated carbocycles. The van der Waals surface area contributed by atoms with Crippen LogP contribution in [0.1, 0.15) is 12.1 Å². The van der Waals surface area contributed by atoms with Crippen LogP contribution < -0.4 is 10.2 Å². The molecule has 6 nitrogen and oxygen atoms in total. The molecule has 0 spiro atoms. The first-order valence-electron chi connectivity index (χ1n) is 8.14. The number of benzene rings is 1. The van der Waals surface area contributed by atoms with Gasteiger partial charge in [-0.1, -0.05) is 40.9 Å². The van der Waals surface area contributed by atoms with E-state index >= 15 is 0 Å². The summed E-state index contributed by atoms with van der Waals surface area (Å²) in [5, 5.41) is 18.2. The Bertz CT molecular complexity index is 1100. The molecule has 2 heterocycles. The molecule has 0 bridgehead atoms. The van der Waals surface area contributed by atoms with Crippen LogP contribution in [0.5, 0.6) is 5.88 Å². The van der Waals surface area contributed by atoms with Crippen molar-refractivity contribution in [3.63, 3.8) is 0 Å². The lowest BCUT2D eigenvalue weighted by atomic mass is 10.1. The van der Waals surface area contributed by atoms with Gasteiger partial charge in [-0.15, -0.1) is 0 Å². The van der Waals surface area contributed by atoms with Crippen LogP contribution in [0.15, 0.2) is 35.3 Å². The van der Waals surface area contributed by atoms with Crippen molar-refractivity contribution in [1.29, 1.82) is 0 Å². The maximum absolute atomic E-state index is 13.8. The van der Waals surface area contributed by atoms with Gasteiger partial charge in [0.1, 0.15) is 18.1 Å². The molecule has 0 radical (unpaired) electrons. The first-order chi connectivity index (χ1) is 13.8. The van der Waals surface area contributed by atoms with E-state index in [4.69, 9.17) is 44.6 Å². The number of fused-ring (bicyclic) bond motifs is 1. The lowest BCUT2D eigenvalue weighted by molar-refractivity contribution is 0.0526. The van der Waals surface area contributed by atoms with E-state index in [0.29, 0.717) is 0 Å². The van der Waals surface area contributed by atoms with Gasteiger partial charge in [0.2, 0.25) is 5.88 Å². The first kappa shape index (κ1) is 21.7. The Balaban J connectivity index is 2.42. The lowest BCUT2D eigenvalue weighted by Gasteiger charge is -2.20. The van der Waals surface area contributed by atoms with Crippen LogP contribution in [0.3, 0.4) is 0 Å². The third-order valence-electron chi connectivity index (χ3n) is 3.99. The van der Waals surface area contributed by atoms with Crippen molar-refractivity contribution in [2.45, 2.75) is 12.5 Å². The number of aliphatic hydroxyl groups is 2. The van der Waals surface area contributed by atoms with Gasteiger partial charge in [0.05, 0.1) is 44.8 Å². The van der Waals surface area contributed by atoms with Crippen molar-refractivity contribution >= 4 is 45.7 Å². The van der Waals surface area contributed by atoms with E-state index in [-0.39, 0.29) is 44.1 Å². The van der Waals surface area contributed by atoms with Gasteiger partial charge in [-0.3, -0.25) is 4.79 Å². The third kappa shape index (κ3) is 4.17. The molecule has 3 rings (SSSR count). The Morgan fingerprint density at radius 2 is 1.83 bits per heavy atom. The van der Waals surface area contributed by atoms with E-state index in [1.165, 1.54) is 18.2 Å². The normalized spacial score (nSPS) is 12.6. The minimum atomic E-state index is -3.05. The minimum Gasteiger partial charge on any atom is -0.474 e. The topological polar surface area (TPSA) is 84.6 Å². The highest BCUT2D eigenvalue weighted by molar-refractivity contribution is 6.38. The second-order valence-electron chi connectivity index (χ2n) is 5.92. The Labute approximate surface area is 177 Å². The summed E-state index contributed by atoms with van der Waals surface area (Å²) >= 11 is 18.7. The third-order valence-corrected chi connectivity index (χ3v) is 4.87. The fourth-order valence-corrected chi connectivity index (χ4v) is 3.54. The zero-order valence-electron chi connectivity index (χ0n) is 14.5. The highest BCUT2D eigenvalue weighted by Crippen LogP contribution is 2.37. The quantitative estimate of drug-likeness (QED) is 0.574. The molecule has 3 aromatic rings. The van der Waals surface area contributed by atoms with E-state index in [1.807, 2.05) is 0 Å². The summed E-state index contributed by atoms with van der Waals surface area (Å²) in [4.78, 5) is 16.6. The van der Waals surface area contributed by atoms with Crippen molar-refractivity contribution in [3.05, 3.63) is 61.4 Å². The predicted molar refractivity (Wildman–Crippen MR) is 106 cm³/mol. The summed E-state index contributed by atoms with van der Waals surface area (Å²) < 4.78 is 33.9. The van der Waals surface area contributed by atoms with Crippen LogP contribution >= 0.6 is 34.8 Å². The molecule has 11 heteroatoms. The molecule has 0 fully saturated rings. The number of ether oxygens (including phenoxy) is 1. The second kappa shape index (κ2) is 8.81. The molecule has 1 unspecified atom stereocenters. The van der Waals surface area contributed by atoms with Crippen molar-refractivity contribution in [3.8, 4) is 11.6 Å². The molecule has 0 aliphatic rings. The van der Waals surface area contributed by atoms with Gasteiger partial charge in [-0.2, -0.15) is 0 Å². The lowest BCUT2D eigenvalue weighted by Crippen LogP contribution is -2.23. The molecule has 2 N–H and O–H groups in total. The van der Waals surface area contributed by atoms with Crippen LogP contribution in [-0.2, 0) is 0 Å². The van der Waals surface area contributed by atoms with Crippen LogP contribution in [0.25, 0.3) is 16.6 Å². The van der Waals surface area contributed by atoms with E-state index in [9.17, 15) is 18.7 Å². The number of rotatable bonds is 6. The summed E-state index contributed by atoms with van der Waals surface area (Å²) in [6.07, 6.45) is -3.17. The predicted octanol–water partition coefficient (Wildman–Crippen LogP) is 4.02. The largest absolute Gasteiger partial charge is 0.474 e. The zero-order chi connectivity index (χ0) is 21.3.